The van der Waals surface area contributed by atoms with Crippen molar-refractivity contribution < 1.29 is 156 Å². The lowest BCUT2D eigenvalue weighted by atomic mass is 9.83. The topological polar surface area (TPSA) is 66.8 Å². The van der Waals surface area contributed by atoms with E-state index in [0.717, 1.165) is 12.1 Å². The summed E-state index contributed by atoms with van der Waals surface area (Å²) < 4.78 is 445. The number of hydrogen-bond donors (Lipinski definition) is 2. The zero-order chi connectivity index (χ0) is 57.5. The third-order valence-corrected chi connectivity index (χ3v) is 10.5. The van der Waals surface area contributed by atoms with Crippen LogP contribution in [0.25, 0.3) is 11.1 Å². The van der Waals surface area contributed by atoms with Gasteiger partial charge in [0.1, 0.15) is 11.9 Å². The Morgan fingerprint density at radius 1 is 0.397 bits per heavy atom. The van der Waals surface area contributed by atoms with Crippen LogP contribution in [0.5, 0.6) is 0 Å². The van der Waals surface area contributed by atoms with Crippen molar-refractivity contribution in [2.24, 2.45) is 5.92 Å². The zero-order valence-electron chi connectivity index (χ0n) is 34.2. The molecule has 0 aliphatic carbocycles. The zero-order valence-corrected chi connectivity index (χ0v) is 34.2. The molecule has 0 heterocycles. The number of alkyl halides is 30. The van der Waals surface area contributed by atoms with Crippen LogP contribution in [0.3, 0.4) is 0 Å². The summed E-state index contributed by atoms with van der Waals surface area (Å²) in [5, 5.41) is 20.9. The maximum atomic E-state index is 16.3. The Kier molecular flexibility index (Phi) is 15.9. The molecule has 3 aromatic rings. The van der Waals surface area contributed by atoms with E-state index < -0.39 is 159 Å². The molecule has 3 aromatic carbocycles. The fourth-order valence-corrected chi connectivity index (χ4v) is 6.11. The van der Waals surface area contributed by atoms with Crippen LogP contribution in [0.1, 0.15) is 41.9 Å². The van der Waals surface area contributed by atoms with Gasteiger partial charge < -0.3 is 14.9 Å². The van der Waals surface area contributed by atoms with E-state index in [2.05, 4.69) is 4.74 Å². The molecule has 0 fully saturated rings. The number of halogens is 31. The molecule has 4 atom stereocenters. The number of benzene rings is 3. The van der Waals surface area contributed by atoms with Crippen molar-refractivity contribution in [3.63, 3.8) is 0 Å². The Morgan fingerprint density at radius 3 is 1.05 bits per heavy atom. The van der Waals surface area contributed by atoms with Crippen LogP contribution >= 0.6 is 0 Å². The molecule has 0 aliphatic heterocycles. The first kappa shape index (κ1) is 62.2. The van der Waals surface area contributed by atoms with Crippen molar-refractivity contribution >= 4 is 5.97 Å². The first-order chi connectivity index (χ1) is 32.2. The van der Waals surface area contributed by atoms with Crippen LogP contribution in [0, 0.1) is 11.7 Å². The maximum absolute atomic E-state index is 16.3. The smallest absolute Gasteiger partial charge is 0.450 e. The Balaban J connectivity index is 2.45. The second-order valence-electron chi connectivity index (χ2n) is 15.1. The number of rotatable bonds is 19. The predicted octanol–water partition coefficient (Wildman–Crippen LogP) is 14.2. The average Bonchev–Trinajstić information content (AvgIpc) is 3.25. The number of aliphatic hydroxyl groups excluding tert-OH is 2. The summed E-state index contributed by atoms with van der Waals surface area (Å²) in [6.45, 7) is 0.217. The second kappa shape index (κ2) is 18.6. The highest BCUT2D eigenvalue weighted by molar-refractivity contribution is 5.76. The monoisotopic (exact) mass is 1130 g/mol. The molecule has 0 amide bonds. The number of esters is 1. The van der Waals surface area contributed by atoms with E-state index in [1.165, 1.54) is 0 Å². The summed E-state index contributed by atoms with van der Waals surface area (Å²) in [6, 6.07) is 2.21. The van der Waals surface area contributed by atoms with Crippen LogP contribution in [0.2, 0.25) is 0 Å². The maximum Gasteiger partial charge on any atom is 0.460 e. The summed E-state index contributed by atoms with van der Waals surface area (Å²) in [6.07, 6.45) is -29.5. The fraction of sp³-hybridized carbons (Fsp3) is 0.500. The van der Waals surface area contributed by atoms with Gasteiger partial charge in [0.05, 0.1) is 12.0 Å². The molecule has 0 radical (unpaired) electrons. The quantitative estimate of drug-likeness (QED) is 0.0927. The van der Waals surface area contributed by atoms with Gasteiger partial charge in [-0.3, -0.25) is 4.79 Å². The Bertz CT molecular complexity index is 2460. The van der Waals surface area contributed by atoms with Crippen molar-refractivity contribution in [1.82, 2.24) is 0 Å². The molecule has 0 spiro atoms. The van der Waals surface area contributed by atoms with Crippen molar-refractivity contribution in [3.8, 4) is 11.1 Å². The van der Waals surface area contributed by atoms with Gasteiger partial charge in [0.2, 0.25) is 0 Å². The summed E-state index contributed by atoms with van der Waals surface area (Å²) in [4.78, 5) is 13.2. The lowest BCUT2D eigenvalue weighted by Crippen LogP contribution is -2.73. The van der Waals surface area contributed by atoms with Gasteiger partial charge >= 0.3 is 89.4 Å². The fourth-order valence-electron chi connectivity index (χ4n) is 6.11. The molecule has 2 N–H and O–H groups in total. The largest absolute Gasteiger partial charge is 0.460 e. The molecule has 0 aromatic heterocycles. The van der Waals surface area contributed by atoms with E-state index in [1.807, 2.05) is 0 Å². The van der Waals surface area contributed by atoms with Crippen LogP contribution in [0.4, 0.5) is 136 Å². The van der Waals surface area contributed by atoms with Crippen molar-refractivity contribution in [1.29, 1.82) is 0 Å². The van der Waals surface area contributed by atoms with Gasteiger partial charge in [-0.15, -0.1) is 0 Å². The van der Waals surface area contributed by atoms with Crippen LogP contribution in [-0.4, -0.2) is 99.6 Å². The minimum atomic E-state index is -9.08. The molecule has 414 valence electrons. The summed E-state index contributed by atoms with van der Waals surface area (Å²) >= 11 is 0. The highest BCUT2D eigenvalue weighted by Crippen LogP contribution is 2.66. The standard InChI is InChI=1S/C38H21F31O4/c1-14(21(70)19-12-6-7-13-20(19)39)24(72)73-23(26(42,43)28(46,47)30(50,51)32(54,55)34(58,59)36(62,63)38(67,68)69)18-11-5-3-9-16(18)15-8-2-4-10-17(15)22(71)25(40,41)27(44,45)29(48,49)31(52,53)33(56,57)35(60,61)37(64,65)66/h2-14,21-23,70-71H,1H3/t14-,21+,22-,23-/m1/s1. The van der Waals surface area contributed by atoms with Crippen molar-refractivity contribution in [2.45, 2.75) is 109 Å². The van der Waals surface area contributed by atoms with Crippen molar-refractivity contribution in [2.75, 3.05) is 0 Å². The molecule has 3 rings (SSSR count). The van der Waals surface area contributed by atoms with Gasteiger partial charge in [0.25, 0.3) is 0 Å². The third-order valence-electron chi connectivity index (χ3n) is 10.5. The summed E-state index contributed by atoms with van der Waals surface area (Å²) in [7, 11) is 0. The number of hydrogen-bond acceptors (Lipinski definition) is 4. The Hall–Kier alpha value is -5.12. The molecule has 4 nitrogen and oxygen atoms in total. The van der Waals surface area contributed by atoms with Gasteiger partial charge in [-0.2, -0.15) is 132 Å². The van der Waals surface area contributed by atoms with E-state index in [-0.39, 0.29) is 43.3 Å². The SMILES string of the molecule is C[C@@H](C(=O)O[C@H](c1ccccc1-c1ccccc1[C@@H](O)C(F)(F)C(F)(F)C(F)(F)C(F)(F)C(F)(F)C(F)(F)C(F)(F)F)C(F)(F)C(F)(F)C(F)(F)C(F)(F)C(F)(F)C(F)(F)C(F)(F)F)[C@H](O)c1ccccc1F. The van der Waals surface area contributed by atoms with Crippen LogP contribution in [0.15, 0.2) is 72.8 Å². The average molecular weight is 1130 g/mol. The molecular weight excluding hydrogens is 1110 g/mol. The normalized spacial score (nSPS) is 16.7. The van der Waals surface area contributed by atoms with Gasteiger partial charge in [-0.1, -0.05) is 66.7 Å². The molecule has 0 unspecified atom stereocenters. The van der Waals surface area contributed by atoms with Crippen molar-refractivity contribution in [3.05, 3.63) is 95.3 Å². The third kappa shape index (κ3) is 9.10. The minimum absolute atomic E-state index is 0.0810. The van der Waals surface area contributed by atoms with E-state index in [9.17, 15) is 116 Å². The highest BCUT2D eigenvalue weighted by Gasteiger charge is 2.95. The van der Waals surface area contributed by atoms with E-state index in [1.54, 1.807) is 0 Å². The lowest BCUT2D eigenvalue weighted by molar-refractivity contribution is -0.456. The molecular formula is C38H21F31O4. The van der Waals surface area contributed by atoms with Gasteiger partial charge in [0, 0.05) is 11.1 Å². The highest BCUT2D eigenvalue weighted by atomic mass is 19.4. The summed E-state index contributed by atoms with van der Waals surface area (Å²) in [5.74, 6) is -111. The van der Waals surface area contributed by atoms with E-state index in [0.29, 0.717) is 12.1 Å². The van der Waals surface area contributed by atoms with Gasteiger partial charge in [-0.05, 0) is 29.7 Å². The number of carbonyl (C=O) groups is 1. The van der Waals surface area contributed by atoms with E-state index in [4.69, 9.17) is 0 Å². The minimum Gasteiger partial charge on any atom is -0.450 e. The molecule has 0 saturated carbocycles. The Labute approximate surface area is 383 Å². The molecule has 0 aliphatic rings. The number of ether oxygens (including phenoxy) is 1. The molecule has 0 bridgehead atoms. The molecule has 73 heavy (non-hydrogen) atoms. The van der Waals surface area contributed by atoms with Gasteiger partial charge in [0.15, 0.2) is 6.10 Å². The Morgan fingerprint density at radius 2 is 0.685 bits per heavy atom. The molecule has 35 heteroatoms. The number of aliphatic hydroxyl groups is 2. The summed E-state index contributed by atoms with van der Waals surface area (Å²) in [5.41, 5.74) is -10.3. The van der Waals surface area contributed by atoms with E-state index >= 15 is 35.1 Å². The van der Waals surface area contributed by atoms with Crippen LogP contribution in [-0.2, 0) is 9.53 Å². The van der Waals surface area contributed by atoms with Crippen LogP contribution < -0.4 is 0 Å². The first-order valence-electron chi connectivity index (χ1n) is 18.4. The molecule has 0 saturated heterocycles. The second-order valence-corrected chi connectivity index (χ2v) is 15.1. The first-order valence-corrected chi connectivity index (χ1v) is 18.4. The lowest BCUT2D eigenvalue weighted by Gasteiger charge is -2.43. The van der Waals surface area contributed by atoms with Gasteiger partial charge in [-0.25, -0.2) is 4.39 Å². The number of carbonyl (C=O) groups excluding carboxylic acids is 1. The predicted molar refractivity (Wildman–Crippen MR) is 178 cm³/mol.